The molecule has 0 bridgehead atoms. The molecular weight excluding hydrogens is 444 g/mol. The number of ether oxygens (including phenoxy) is 2. The molecular formula is C27H22N4O4. The minimum Gasteiger partial charge on any atom is -0.452 e. The Labute approximate surface area is 202 Å². The fourth-order valence-electron chi connectivity index (χ4n) is 3.57. The van der Waals surface area contributed by atoms with Crippen molar-refractivity contribution in [3.05, 3.63) is 101 Å². The lowest BCUT2D eigenvalue weighted by Crippen LogP contribution is -2.23. The Morgan fingerprint density at radius 2 is 1.69 bits per heavy atom. The van der Waals surface area contributed by atoms with Gasteiger partial charge in [0, 0.05) is 17.6 Å². The van der Waals surface area contributed by atoms with E-state index in [-0.39, 0.29) is 11.4 Å². The van der Waals surface area contributed by atoms with Gasteiger partial charge in [0.1, 0.15) is 23.2 Å². The van der Waals surface area contributed by atoms with Crippen LogP contribution in [-0.2, 0) is 9.53 Å². The number of esters is 1. The van der Waals surface area contributed by atoms with E-state index in [0.717, 1.165) is 16.9 Å². The second kappa shape index (κ2) is 10.4. The fourth-order valence-corrected chi connectivity index (χ4v) is 3.57. The summed E-state index contributed by atoms with van der Waals surface area (Å²) in [5.74, 6) is -0.441. The van der Waals surface area contributed by atoms with Crippen molar-refractivity contribution in [3.63, 3.8) is 0 Å². The summed E-state index contributed by atoms with van der Waals surface area (Å²) in [6.07, 6.45) is 1.49. The number of hydrogen-bond acceptors (Lipinski definition) is 6. The summed E-state index contributed by atoms with van der Waals surface area (Å²) in [4.78, 5) is 29.5. The van der Waals surface area contributed by atoms with Crippen LogP contribution in [0.2, 0.25) is 0 Å². The molecule has 0 saturated carbocycles. The lowest BCUT2D eigenvalue weighted by atomic mass is 10.2. The van der Waals surface area contributed by atoms with Crippen LogP contribution in [-0.4, -0.2) is 28.0 Å². The quantitative estimate of drug-likeness (QED) is 0.386. The van der Waals surface area contributed by atoms with Crippen LogP contribution in [0.4, 0.5) is 5.82 Å². The minimum absolute atomic E-state index is 0.0695. The van der Waals surface area contributed by atoms with Gasteiger partial charge in [-0.3, -0.25) is 9.36 Å². The average molecular weight is 466 g/mol. The van der Waals surface area contributed by atoms with E-state index in [0.29, 0.717) is 17.1 Å². The number of carbonyl (C=O) groups excluding carboxylic acids is 2. The molecule has 0 saturated heterocycles. The number of nitriles is 1. The van der Waals surface area contributed by atoms with Crippen LogP contribution in [0.1, 0.15) is 27.2 Å². The highest BCUT2D eigenvalue weighted by Crippen LogP contribution is 2.30. The predicted octanol–water partition coefficient (Wildman–Crippen LogP) is 4.95. The molecule has 0 spiro atoms. The zero-order valence-corrected chi connectivity index (χ0v) is 19.2. The summed E-state index contributed by atoms with van der Waals surface area (Å²) >= 11 is 0. The van der Waals surface area contributed by atoms with Crippen LogP contribution in [0.25, 0.3) is 5.69 Å². The minimum atomic E-state index is -0.759. The molecule has 0 aliphatic heterocycles. The maximum atomic E-state index is 12.7. The second-order valence-corrected chi connectivity index (χ2v) is 7.61. The van der Waals surface area contributed by atoms with Crippen LogP contribution < -0.4 is 10.1 Å². The number of hydrogen-bond donors (Lipinski definition) is 1. The Morgan fingerprint density at radius 3 is 2.37 bits per heavy atom. The average Bonchev–Trinajstić information content (AvgIpc) is 3.12. The van der Waals surface area contributed by atoms with Crippen molar-refractivity contribution in [2.24, 2.45) is 0 Å². The molecule has 0 unspecified atom stereocenters. The fraction of sp³-hybridized carbons (Fsp3) is 0.111. The zero-order chi connectivity index (χ0) is 24.8. The second-order valence-electron chi connectivity index (χ2n) is 7.61. The number of pyridine rings is 1. The third kappa shape index (κ3) is 5.04. The molecule has 8 nitrogen and oxygen atoms in total. The third-order valence-electron chi connectivity index (χ3n) is 5.38. The SMILES string of the molecule is Cc1c(C#N)c(NC(=O)COC(=O)c2cccnc2Oc2ccccc2)n(-c2ccccc2)c1C. The Balaban J connectivity index is 1.50. The van der Waals surface area contributed by atoms with E-state index < -0.39 is 18.5 Å². The summed E-state index contributed by atoms with van der Waals surface area (Å²) < 4.78 is 12.7. The lowest BCUT2D eigenvalue weighted by molar-refractivity contribution is -0.119. The maximum Gasteiger partial charge on any atom is 0.344 e. The summed E-state index contributed by atoms with van der Waals surface area (Å²) in [6, 6.07) is 23.5. The third-order valence-corrected chi connectivity index (χ3v) is 5.38. The van der Waals surface area contributed by atoms with Gasteiger partial charge in [-0.15, -0.1) is 0 Å². The van der Waals surface area contributed by atoms with E-state index in [1.54, 1.807) is 34.9 Å². The molecule has 2 aromatic carbocycles. The van der Waals surface area contributed by atoms with E-state index in [9.17, 15) is 14.9 Å². The van der Waals surface area contributed by atoms with Crippen LogP contribution in [0, 0.1) is 25.2 Å². The Bertz CT molecular complexity index is 1410. The molecule has 0 atom stereocenters. The first-order valence-electron chi connectivity index (χ1n) is 10.8. The van der Waals surface area contributed by atoms with E-state index in [2.05, 4.69) is 16.4 Å². The Morgan fingerprint density at radius 1 is 1.00 bits per heavy atom. The van der Waals surface area contributed by atoms with Crippen molar-refractivity contribution in [3.8, 4) is 23.4 Å². The van der Waals surface area contributed by atoms with Gasteiger partial charge in [-0.2, -0.15) is 5.26 Å². The number of carbonyl (C=O) groups is 2. The number of nitrogens with zero attached hydrogens (tertiary/aromatic N) is 3. The highest BCUT2D eigenvalue weighted by Gasteiger charge is 2.22. The van der Waals surface area contributed by atoms with Gasteiger partial charge in [0.2, 0.25) is 5.88 Å². The molecule has 1 amide bonds. The zero-order valence-electron chi connectivity index (χ0n) is 19.2. The van der Waals surface area contributed by atoms with Crippen LogP contribution in [0.5, 0.6) is 11.6 Å². The van der Waals surface area contributed by atoms with Crippen molar-refractivity contribution < 1.29 is 19.1 Å². The van der Waals surface area contributed by atoms with Gasteiger partial charge in [0.05, 0.1) is 5.56 Å². The molecule has 0 fully saturated rings. The molecule has 0 radical (unpaired) electrons. The van der Waals surface area contributed by atoms with Crippen molar-refractivity contribution in [2.75, 3.05) is 11.9 Å². The highest BCUT2D eigenvalue weighted by molar-refractivity contribution is 5.97. The van der Waals surface area contributed by atoms with Crippen molar-refractivity contribution in [2.45, 2.75) is 13.8 Å². The molecule has 174 valence electrons. The number of benzene rings is 2. The number of amides is 1. The summed E-state index contributed by atoms with van der Waals surface area (Å²) in [5.41, 5.74) is 2.79. The van der Waals surface area contributed by atoms with Gasteiger partial charge in [0.25, 0.3) is 5.91 Å². The van der Waals surface area contributed by atoms with E-state index in [4.69, 9.17) is 9.47 Å². The Kier molecular flexibility index (Phi) is 6.88. The van der Waals surface area contributed by atoms with E-state index in [1.807, 2.05) is 50.2 Å². The van der Waals surface area contributed by atoms with Crippen molar-refractivity contribution in [1.29, 1.82) is 5.26 Å². The Hall–Kier alpha value is -4.90. The maximum absolute atomic E-state index is 12.7. The molecule has 2 aromatic heterocycles. The molecule has 4 aromatic rings. The summed E-state index contributed by atoms with van der Waals surface area (Å²) in [7, 11) is 0. The predicted molar refractivity (Wildman–Crippen MR) is 130 cm³/mol. The standard InChI is InChI=1S/C27H22N4O4/c1-18-19(2)31(20-10-5-3-6-11-20)25(23(18)16-28)30-24(32)17-34-27(33)22-14-9-15-29-26(22)35-21-12-7-4-8-13-21/h3-15H,17H2,1-2H3,(H,30,32). The first kappa shape index (κ1) is 23.3. The number of aromatic nitrogens is 2. The van der Waals surface area contributed by atoms with Gasteiger partial charge >= 0.3 is 5.97 Å². The van der Waals surface area contributed by atoms with Crippen molar-refractivity contribution >= 4 is 17.7 Å². The molecule has 35 heavy (non-hydrogen) atoms. The number of anilines is 1. The molecule has 8 heteroatoms. The molecule has 1 N–H and O–H groups in total. The van der Waals surface area contributed by atoms with Crippen LogP contribution in [0.15, 0.2) is 79.0 Å². The van der Waals surface area contributed by atoms with Crippen LogP contribution >= 0.6 is 0 Å². The van der Waals surface area contributed by atoms with Gasteiger partial charge < -0.3 is 14.8 Å². The number of nitrogens with one attached hydrogen (secondary N) is 1. The van der Waals surface area contributed by atoms with Crippen molar-refractivity contribution in [1.82, 2.24) is 9.55 Å². The van der Waals surface area contributed by atoms with E-state index in [1.165, 1.54) is 12.3 Å². The molecule has 4 rings (SSSR count). The first-order chi connectivity index (χ1) is 17.0. The molecule has 0 aliphatic carbocycles. The first-order valence-corrected chi connectivity index (χ1v) is 10.8. The lowest BCUT2D eigenvalue weighted by Gasteiger charge is -2.13. The summed E-state index contributed by atoms with van der Waals surface area (Å²) in [5, 5.41) is 12.4. The smallest absolute Gasteiger partial charge is 0.344 e. The van der Waals surface area contributed by atoms with Crippen LogP contribution in [0.3, 0.4) is 0 Å². The molecule has 2 heterocycles. The van der Waals surface area contributed by atoms with E-state index >= 15 is 0 Å². The largest absolute Gasteiger partial charge is 0.452 e. The van der Waals surface area contributed by atoms with Gasteiger partial charge in [0.15, 0.2) is 6.61 Å². The number of para-hydroxylation sites is 2. The van der Waals surface area contributed by atoms with Gasteiger partial charge in [-0.1, -0.05) is 36.4 Å². The summed E-state index contributed by atoms with van der Waals surface area (Å²) in [6.45, 7) is 3.14. The normalized spacial score (nSPS) is 10.3. The monoisotopic (exact) mass is 466 g/mol. The number of rotatable bonds is 7. The molecule has 0 aliphatic rings. The highest BCUT2D eigenvalue weighted by atomic mass is 16.5. The topological polar surface area (TPSA) is 106 Å². The van der Waals surface area contributed by atoms with Gasteiger partial charge in [-0.25, -0.2) is 9.78 Å². The van der Waals surface area contributed by atoms with Gasteiger partial charge in [-0.05, 0) is 55.8 Å².